The number of amides is 2. The molecule has 6 heteroatoms. The second kappa shape index (κ2) is 6.56. The molecule has 2 amide bonds. The van der Waals surface area contributed by atoms with Gasteiger partial charge in [-0.25, -0.2) is 9.59 Å². The SMILES string of the molecule is CC(NC(=O)N(C)C(C)C(=O)O)c1cccc(Br)c1. The zero-order valence-corrected chi connectivity index (χ0v) is 12.6. The number of carbonyl (C=O) groups excluding carboxylic acids is 1. The summed E-state index contributed by atoms with van der Waals surface area (Å²) < 4.78 is 0.929. The highest BCUT2D eigenvalue weighted by Gasteiger charge is 2.22. The summed E-state index contributed by atoms with van der Waals surface area (Å²) >= 11 is 3.37. The number of carboxylic acids is 1. The first kappa shape index (κ1) is 15.5. The van der Waals surface area contributed by atoms with E-state index in [2.05, 4.69) is 21.2 Å². The molecule has 2 unspecified atom stereocenters. The zero-order chi connectivity index (χ0) is 14.6. The maximum absolute atomic E-state index is 11.9. The second-order valence-electron chi connectivity index (χ2n) is 4.35. The molecule has 1 rings (SSSR count). The molecule has 0 saturated heterocycles. The third-order valence-electron chi connectivity index (χ3n) is 2.95. The molecule has 0 aliphatic rings. The molecule has 0 aromatic heterocycles. The molecule has 0 fully saturated rings. The van der Waals surface area contributed by atoms with Crippen LogP contribution in [-0.2, 0) is 4.79 Å². The third-order valence-corrected chi connectivity index (χ3v) is 3.44. The van der Waals surface area contributed by atoms with Crippen molar-refractivity contribution >= 4 is 27.9 Å². The number of likely N-dealkylation sites (N-methyl/N-ethyl adjacent to an activating group) is 1. The summed E-state index contributed by atoms with van der Waals surface area (Å²) in [5.74, 6) is -1.03. The van der Waals surface area contributed by atoms with Gasteiger partial charge in [-0.15, -0.1) is 0 Å². The predicted octanol–water partition coefficient (Wildman–Crippen LogP) is 2.62. The van der Waals surface area contributed by atoms with Gasteiger partial charge in [0.1, 0.15) is 6.04 Å². The molecule has 0 saturated carbocycles. The fourth-order valence-corrected chi connectivity index (χ4v) is 1.90. The van der Waals surface area contributed by atoms with E-state index in [-0.39, 0.29) is 6.04 Å². The van der Waals surface area contributed by atoms with Crippen LogP contribution in [0.1, 0.15) is 25.5 Å². The van der Waals surface area contributed by atoms with Gasteiger partial charge in [-0.3, -0.25) is 0 Å². The highest BCUT2D eigenvalue weighted by atomic mass is 79.9. The Labute approximate surface area is 120 Å². The van der Waals surface area contributed by atoms with Crippen LogP contribution >= 0.6 is 15.9 Å². The van der Waals surface area contributed by atoms with Crippen molar-refractivity contribution in [1.82, 2.24) is 10.2 Å². The first-order valence-electron chi connectivity index (χ1n) is 5.84. The van der Waals surface area contributed by atoms with E-state index in [0.717, 1.165) is 14.9 Å². The smallest absolute Gasteiger partial charge is 0.326 e. The standard InChI is InChI=1S/C13H17BrN2O3/c1-8(10-5-4-6-11(14)7-10)15-13(19)16(3)9(2)12(17)18/h4-9H,1-3H3,(H,15,19)(H,17,18). The van der Waals surface area contributed by atoms with Gasteiger partial charge < -0.3 is 15.3 Å². The molecule has 0 heterocycles. The average Bonchev–Trinajstić information content (AvgIpc) is 2.36. The van der Waals surface area contributed by atoms with Crippen LogP contribution in [0.2, 0.25) is 0 Å². The lowest BCUT2D eigenvalue weighted by molar-refractivity contribution is -0.141. The molecule has 19 heavy (non-hydrogen) atoms. The van der Waals surface area contributed by atoms with E-state index in [1.807, 2.05) is 31.2 Å². The number of rotatable bonds is 4. The van der Waals surface area contributed by atoms with Crippen LogP contribution in [-0.4, -0.2) is 35.1 Å². The van der Waals surface area contributed by atoms with Crippen molar-refractivity contribution in [2.45, 2.75) is 25.9 Å². The molecule has 1 aromatic rings. The lowest BCUT2D eigenvalue weighted by Crippen LogP contribution is -2.46. The van der Waals surface area contributed by atoms with Crippen LogP contribution in [0.15, 0.2) is 28.7 Å². The molecule has 2 N–H and O–H groups in total. The van der Waals surface area contributed by atoms with Gasteiger partial charge in [0.05, 0.1) is 6.04 Å². The van der Waals surface area contributed by atoms with Crippen LogP contribution < -0.4 is 5.32 Å². The van der Waals surface area contributed by atoms with E-state index in [1.54, 1.807) is 0 Å². The maximum Gasteiger partial charge on any atom is 0.326 e. The summed E-state index contributed by atoms with van der Waals surface area (Å²) in [6, 6.07) is 6.11. The van der Waals surface area contributed by atoms with Crippen molar-refractivity contribution < 1.29 is 14.7 Å². The number of hydrogen-bond donors (Lipinski definition) is 2. The van der Waals surface area contributed by atoms with Gasteiger partial charge in [0, 0.05) is 11.5 Å². The van der Waals surface area contributed by atoms with Gasteiger partial charge >= 0.3 is 12.0 Å². The van der Waals surface area contributed by atoms with E-state index >= 15 is 0 Å². The summed E-state index contributed by atoms with van der Waals surface area (Å²) in [7, 11) is 1.46. The number of halogens is 1. The van der Waals surface area contributed by atoms with Crippen molar-refractivity contribution in [3.8, 4) is 0 Å². The van der Waals surface area contributed by atoms with E-state index in [0.29, 0.717) is 0 Å². The van der Waals surface area contributed by atoms with Crippen LogP contribution in [0, 0.1) is 0 Å². The number of carboxylic acid groups (broad SMARTS) is 1. The number of urea groups is 1. The number of aliphatic carboxylic acids is 1. The number of carbonyl (C=O) groups is 2. The Hall–Kier alpha value is -1.56. The zero-order valence-electron chi connectivity index (χ0n) is 11.1. The normalized spacial score (nSPS) is 13.5. The van der Waals surface area contributed by atoms with Crippen molar-refractivity contribution in [3.05, 3.63) is 34.3 Å². The number of benzene rings is 1. The molecule has 0 radical (unpaired) electrons. The Morgan fingerprint density at radius 2 is 2.00 bits per heavy atom. The first-order valence-corrected chi connectivity index (χ1v) is 6.63. The molecule has 104 valence electrons. The van der Waals surface area contributed by atoms with Gasteiger partial charge in [-0.05, 0) is 31.5 Å². The molecule has 0 aliphatic heterocycles. The van der Waals surface area contributed by atoms with Crippen LogP contribution in [0.25, 0.3) is 0 Å². The first-order chi connectivity index (χ1) is 8.82. The van der Waals surface area contributed by atoms with Gasteiger partial charge in [0.25, 0.3) is 0 Å². The Balaban J connectivity index is 2.69. The molecule has 2 atom stereocenters. The lowest BCUT2D eigenvalue weighted by Gasteiger charge is -2.24. The molecule has 0 spiro atoms. The van der Waals surface area contributed by atoms with E-state index in [4.69, 9.17) is 5.11 Å². The third kappa shape index (κ3) is 4.24. The molecule has 0 aliphatic carbocycles. The Morgan fingerprint density at radius 1 is 1.37 bits per heavy atom. The Bertz CT molecular complexity index is 479. The van der Waals surface area contributed by atoms with Crippen molar-refractivity contribution in [2.24, 2.45) is 0 Å². The van der Waals surface area contributed by atoms with E-state index < -0.39 is 18.0 Å². The molecule has 1 aromatic carbocycles. The minimum Gasteiger partial charge on any atom is -0.480 e. The maximum atomic E-state index is 11.9. The van der Waals surface area contributed by atoms with Crippen molar-refractivity contribution in [2.75, 3.05) is 7.05 Å². The van der Waals surface area contributed by atoms with Crippen LogP contribution in [0.5, 0.6) is 0 Å². The van der Waals surface area contributed by atoms with Crippen LogP contribution in [0.4, 0.5) is 4.79 Å². The number of nitrogens with zero attached hydrogens (tertiary/aromatic N) is 1. The van der Waals surface area contributed by atoms with Gasteiger partial charge in [0.15, 0.2) is 0 Å². The summed E-state index contributed by atoms with van der Waals surface area (Å²) in [5, 5.41) is 11.6. The molecular formula is C13H17BrN2O3. The molecule has 5 nitrogen and oxygen atoms in total. The van der Waals surface area contributed by atoms with Crippen molar-refractivity contribution in [1.29, 1.82) is 0 Å². The average molecular weight is 329 g/mol. The Morgan fingerprint density at radius 3 is 2.53 bits per heavy atom. The lowest BCUT2D eigenvalue weighted by atomic mass is 10.1. The number of nitrogens with one attached hydrogen (secondary N) is 1. The van der Waals surface area contributed by atoms with Gasteiger partial charge in [0.2, 0.25) is 0 Å². The Kier molecular flexibility index (Phi) is 5.35. The summed E-state index contributed by atoms with van der Waals surface area (Å²) in [6.07, 6.45) is 0. The second-order valence-corrected chi connectivity index (χ2v) is 5.27. The highest BCUT2D eigenvalue weighted by Crippen LogP contribution is 2.18. The van der Waals surface area contributed by atoms with Gasteiger partial charge in [-0.2, -0.15) is 0 Å². The molecular weight excluding hydrogens is 312 g/mol. The van der Waals surface area contributed by atoms with Crippen molar-refractivity contribution in [3.63, 3.8) is 0 Å². The van der Waals surface area contributed by atoms with E-state index in [9.17, 15) is 9.59 Å². The van der Waals surface area contributed by atoms with Gasteiger partial charge in [-0.1, -0.05) is 28.1 Å². The monoisotopic (exact) mass is 328 g/mol. The quantitative estimate of drug-likeness (QED) is 0.892. The largest absolute Gasteiger partial charge is 0.480 e. The summed E-state index contributed by atoms with van der Waals surface area (Å²) in [5.41, 5.74) is 0.944. The summed E-state index contributed by atoms with van der Waals surface area (Å²) in [4.78, 5) is 23.9. The highest BCUT2D eigenvalue weighted by molar-refractivity contribution is 9.10. The fourth-order valence-electron chi connectivity index (χ4n) is 1.49. The number of hydrogen-bond acceptors (Lipinski definition) is 2. The topological polar surface area (TPSA) is 69.6 Å². The minimum absolute atomic E-state index is 0.201. The summed E-state index contributed by atoms with van der Waals surface area (Å²) in [6.45, 7) is 3.31. The fraction of sp³-hybridized carbons (Fsp3) is 0.385. The molecule has 0 bridgehead atoms. The predicted molar refractivity (Wildman–Crippen MR) is 75.9 cm³/mol. The minimum atomic E-state index is -1.03. The van der Waals surface area contributed by atoms with E-state index in [1.165, 1.54) is 14.0 Å². The van der Waals surface area contributed by atoms with Crippen LogP contribution in [0.3, 0.4) is 0 Å².